The average molecular weight is 418 g/mol. The van der Waals surface area contributed by atoms with E-state index >= 15 is 0 Å². The standard InChI is InChI=1S/C24H22N2O5/c1-2-11-30-18-8-3-6-16(13-18)22(27)20-21(17-7-4-10-25-14-17)26(24(29)23(20)28)15-19-9-5-12-31-19/h3-10,12-14,21,27H,2,11,15H2,1H3/b22-20-. The number of benzene rings is 1. The molecule has 3 aromatic rings. The molecule has 1 aliphatic heterocycles. The molecule has 7 nitrogen and oxygen atoms in total. The minimum atomic E-state index is -0.793. The Labute approximate surface area is 179 Å². The Bertz CT molecular complexity index is 1110. The van der Waals surface area contributed by atoms with Crippen molar-refractivity contribution in [2.75, 3.05) is 6.61 Å². The molecule has 0 spiro atoms. The van der Waals surface area contributed by atoms with E-state index in [-0.39, 0.29) is 17.9 Å². The highest BCUT2D eigenvalue weighted by Crippen LogP contribution is 2.40. The molecular weight excluding hydrogens is 396 g/mol. The molecule has 0 bridgehead atoms. The number of amides is 1. The second kappa shape index (κ2) is 8.87. The number of carbonyl (C=O) groups is 2. The molecule has 1 unspecified atom stereocenters. The van der Waals surface area contributed by atoms with Gasteiger partial charge in [-0.05, 0) is 42.3 Å². The lowest BCUT2D eigenvalue weighted by Crippen LogP contribution is -2.29. The summed E-state index contributed by atoms with van der Waals surface area (Å²) < 4.78 is 11.0. The maximum absolute atomic E-state index is 13.0. The molecule has 2 aromatic heterocycles. The summed E-state index contributed by atoms with van der Waals surface area (Å²) in [6, 6.07) is 13.0. The number of furan rings is 1. The van der Waals surface area contributed by atoms with Crippen LogP contribution in [-0.2, 0) is 16.1 Å². The second-order valence-electron chi connectivity index (χ2n) is 7.17. The first-order chi connectivity index (χ1) is 15.1. The minimum Gasteiger partial charge on any atom is -0.507 e. The number of hydrogen-bond donors (Lipinski definition) is 1. The maximum Gasteiger partial charge on any atom is 0.296 e. The van der Waals surface area contributed by atoms with Crippen molar-refractivity contribution >= 4 is 17.4 Å². The molecule has 3 heterocycles. The molecule has 1 fully saturated rings. The minimum absolute atomic E-state index is 0.0113. The molecule has 31 heavy (non-hydrogen) atoms. The summed E-state index contributed by atoms with van der Waals surface area (Å²) in [7, 11) is 0. The Balaban J connectivity index is 1.80. The third-order valence-corrected chi connectivity index (χ3v) is 5.03. The zero-order valence-electron chi connectivity index (χ0n) is 17.0. The highest BCUT2D eigenvalue weighted by atomic mass is 16.5. The number of ether oxygens (including phenoxy) is 1. The van der Waals surface area contributed by atoms with Gasteiger partial charge in [0.15, 0.2) is 0 Å². The smallest absolute Gasteiger partial charge is 0.296 e. The lowest BCUT2D eigenvalue weighted by molar-refractivity contribution is -0.140. The molecule has 7 heteroatoms. The SMILES string of the molecule is CCCOc1cccc(/C(O)=C2/C(=O)C(=O)N(Cc3ccco3)C2c2cccnc2)c1. The molecule has 1 aliphatic rings. The number of nitrogens with zero attached hydrogens (tertiary/aromatic N) is 2. The summed E-state index contributed by atoms with van der Waals surface area (Å²) in [5.41, 5.74) is 1.03. The zero-order chi connectivity index (χ0) is 21.8. The third kappa shape index (κ3) is 4.07. The Morgan fingerprint density at radius 1 is 1.19 bits per heavy atom. The largest absolute Gasteiger partial charge is 0.507 e. The summed E-state index contributed by atoms with van der Waals surface area (Å²) in [6.07, 6.45) is 5.54. The lowest BCUT2D eigenvalue weighted by atomic mass is 9.96. The van der Waals surface area contributed by atoms with Gasteiger partial charge in [-0.2, -0.15) is 0 Å². The van der Waals surface area contributed by atoms with Gasteiger partial charge in [0.25, 0.3) is 11.7 Å². The first-order valence-corrected chi connectivity index (χ1v) is 10.0. The zero-order valence-corrected chi connectivity index (χ0v) is 17.0. The number of aromatic nitrogens is 1. The third-order valence-electron chi connectivity index (χ3n) is 5.03. The number of rotatable bonds is 7. The quantitative estimate of drug-likeness (QED) is 0.353. The van der Waals surface area contributed by atoms with Gasteiger partial charge in [0.05, 0.1) is 31.0 Å². The van der Waals surface area contributed by atoms with Crippen molar-refractivity contribution in [1.29, 1.82) is 0 Å². The number of aliphatic hydroxyl groups excluding tert-OH is 1. The number of ketones is 1. The summed E-state index contributed by atoms with van der Waals surface area (Å²) in [4.78, 5) is 31.4. The van der Waals surface area contributed by atoms with Crippen LogP contribution in [-0.4, -0.2) is 33.3 Å². The topological polar surface area (TPSA) is 92.9 Å². The van der Waals surface area contributed by atoms with Crippen molar-refractivity contribution in [3.8, 4) is 5.75 Å². The van der Waals surface area contributed by atoms with Crippen molar-refractivity contribution in [1.82, 2.24) is 9.88 Å². The molecule has 0 radical (unpaired) electrons. The molecule has 158 valence electrons. The number of hydrogen-bond acceptors (Lipinski definition) is 6. The predicted molar refractivity (Wildman–Crippen MR) is 113 cm³/mol. The fourth-order valence-corrected chi connectivity index (χ4v) is 3.61. The molecule has 1 aromatic carbocycles. The summed E-state index contributed by atoms with van der Waals surface area (Å²) >= 11 is 0. The Hall–Kier alpha value is -3.87. The van der Waals surface area contributed by atoms with Crippen molar-refractivity contribution in [2.45, 2.75) is 25.9 Å². The summed E-state index contributed by atoms with van der Waals surface area (Å²) in [6.45, 7) is 2.62. The predicted octanol–water partition coefficient (Wildman–Crippen LogP) is 4.09. The van der Waals surface area contributed by atoms with E-state index in [1.165, 1.54) is 11.2 Å². The van der Waals surface area contributed by atoms with Crippen LogP contribution in [0.2, 0.25) is 0 Å². The van der Waals surface area contributed by atoms with Crippen LogP contribution in [0.15, 0.2) is 77.2 Å². The normalized spacial score (nSPS) is 17.8. The van der Waals surface area contributed by atoms with Crippen LogP contribution in [0, 0.1) is 0 Å². The molecule has 4 rings (SSSR count). The van der Waals surface area contributed by atoms with Crippen LogP contribution < -0.4 is 4.74 Å². The van der Waals surface area contributed by atoms with Gasteiger partial charge in [0, 0.05) is 18.0 Å². The molecule has 0 aliphatic carbocycles. The van der Waals surface area contributed by atoms with E-state index in [0.29, 0.717) is 29.2 Å². The molecule has 1 atom stereocenters. The first-order valence-electron chi connectivity index (χ1n) is 10.0. The maximum atomic E-state index is 13.0. The van der Waals surface area contributed by atoms with Crippen molar-refractivity contribution in [2.24, 2.45) is 0 Å². The molecule has 1 amide bonds. The Morgan fingerprint density at radius 3 is 2.77 bits per heavy atom. The highest BCUT2D eigenvalue weighted by molar-refractivity contribution is 6.46. The van der Waals surface area contributed by atoms with Crippen LogP contribution in [0.4, 0.5) is 0 Å². The van der Waals surface area contributed by atoms with Gasteiger partial charge in [0.1, 0.15) is 17.3 Å². The fraction of sp³-hybridized carbons (Fsp3) is 0.208. The van der Waals surface area contributed by atoms with Crippen molar-refractivity contribution < 1.29 is 23.8 Å². The van der Waals surface area contributed by atoms with Crippen LogP contribution in [0.3, 0.4) is 0 Å². The summed E-state index contributed by atoms with van der Waals surface area (Å²) in [5, 5.41) is 11.1. The Kier molecular flexibility index (Phi) is 5.84. The number of carbonyl (C=O) groups excluding carboxylic acids is 2. The van der Waals surface area contributed by atoms with E-state index in [2.05, 4.69) is 4.98 Å². The molecule has 0 saturated carbocycles. The Morgan fingerprint density at radius 2 is 2.06 bits per heavy atom. The lowest BCUT2D eigenvalue weighted by Gasteiger charge is -2.24. The molecule has 1 saturated heterocycles. The summed E-state index contributed by atoms with van der Waals surface area (Å²) in [5.74, 6) is -0.599. The van der Waals surface area contributed by atoms with Gasteiger partial charge in [0.2, 0.25) is 0 Å². The van der Waals surface area contributed by atoms with Gasteiger partial charge < -0.3 is 19.2 Å². The number of likely N-dealkylation sites (tertiary alicyclic amines) is 1. The molecule has 1 N–H and O–H groups in total. The van der Waals surface area contributed by atoms with Gasteiger partial charge >= 0.3 is 0 Å². The van der Waals surface area contributed by atoms with E-state index in [4.69, 9.17) is 9.15 Å². The van der Waals surface area contributed by atoms with Gasteiger partial charge in [-0.3, -0.25) is 14.6 Å². The van der Waals surface area contributed by atoms with Gasteiger partial charge in [-0.1, -0.05) is 25.1 Å². The number of Topliss-reactive ketones (excluding diaryl/α,β-unsaturated/α-hetero) is 1. The fourth-order valence-electron chi connectivity index (χ4n) is 3.61. The van der Waals surface area contributed by atoms with Gasteiger partial charge in [-0.25, -0.2) is 0 Å². The van der Waals surface area contributed by atoms with Gasteiger partial charge in [-0.15, -0.1) is 0 Å². The van der Waals surface area contributed by atoms with Crippen LogP contribution in [0.1, 0.15) is 36.3 Å². The van der Waals surface area contributed by atoms with E-state index in [0.717, 1.165) is 6.42 Å². The van der Waals surface area contributed by atoms with E-state index in [9.17, 15) is 14.7 Å². The second-order valence-corrected chi connectivity index (χ2v) is 7.17. The highest BCUT2D eigenvalue weighted by Gasteiger charge is 2.46. The number of aliphatic hydroxyl groups is 1. The monoisotopic (exact) mass is 418 g/mol. The van der Waals surface area contributed by atoms with E-state index in [1.54, 1.807) is 60.9 Å². The number of pyridine rings is 1. The van der Waals surface area contributed by atoms with Crippen LogP contribution in [0.5, 0.6) is 5.75 Å². The van der Waals surface area contributed by atoms with E-state index < -0.39 is 17.7 Å². The van der Waals surface area contributed by atoms with Crippen molar-refractivity contribution in [3.05, 3.63) is 89.6 Å². The van der Waals surface area contributed by atoms with Crippen LogP contribution >= 0.6 is 0 Å². The first kappa shape index (κ1) is 20.4. The van der Waals surface area contributed by atoms with Crippen LogP contribution in [0.25, 0.3) is 5.76 Å². The van der Waals surface area contributed by atoms with Crippen molar-refractivity contribution in [3.63, 3.8) is 0 Å². The van der Waals surface area contributed by atoms with E-state index in [1.807, 2.05) is 6.92 Å². The average Bonchev–Trinajstić information content (AvgIpc) is 3.40. The molecular formula is C24H22N2O5.